The monoisotopic (exact) mass is 424 g/mol. The van der Waals surface area contributed by atoms with Gasteiger partial charge in [-0.15, -0.1) is 5.48 Å². The van der Waals surface area contributed by atoms with Gasteiger partial charge in [-0.25, -0.2) is 0 Å². The van der Waals surface area contributed by atoms with Crippen molar-refractivity contribution in [3.8, 4) is 5.75 Å². The fraction of sp³-hybridized carbons (Fsp3) is 0.333. The van der Waals surface area contributed by atoms with E-state index in [0.29, 0.717) is 12.4 Å². The predicted molar refractivity (Wildman–Crippen MR) is 117 cm³/mol. The maximum atomic E-state index is 12.2. The molecule has 0 aromatic heterocycles. The first-order valence-electron chi connectivity index (χ1n) is 10.1. The van der Waals surface area contributed by atoms with E-state index in [1.165, 1.54) is 6.26 Å². The Bertz CT molecular complexity index is 947. The number of benzene rings is 2. The number of amides is 1. The highest BCUT2D eigenvalue weighted by molar-refractivity contribution is 5.94. The minimum absolute atomic E-state index is 0.0152. The average Bonchev–Trinajstić information content (AvgIpc) is 3.25. The van der Waals surface area contributed by atoms with Crippen molar-refractivity contribution in [3.63, 3.8) is 0 Å². The van der Waals surface area contributed by atoms with Gasteiger partial charge in [-0.05, 0) is 41.5 Å². The summed E-state index contributed by atoms with van der Waals surface area (Å²) in [5, 5.41) is 12.2. The van der Waals surface area contributed by atoms with Gasteiger partial charge in [0.25, 0.3) is 0 Å². The third kappa shape index (κ3) is 6.33. The van der Waals surface area contributed by atoms with Gasteiger partial charge < -0.3 is 20.0 Å². The number of anilines is 1. The third-order valence-corrected chi connectivity index (χ3v) is 4.97. The Balaban J connectivity index is 1.62. The third-order valence-electron chi connectivity index (χ3n) is 4.97. The van der Waals surface area contributed by atoms with Crippen molar-refractivity contribution in [2.75, 3.05) is 5.32 Å². The molecule has 0 spiro atoms. The minimum Gasteiger partial charge on any atom is -0.489 e. The fourth-order valence-corrected chi connectivity index (χ4v) is 3.17. The molecule has 3 N–H and O–H groups in total. The van der Waals surface area contributed by atoms with Gasteiger partial charge in [0.1, 0.15) is 18.6 Å². The van der Waals surface area contributed by atoms with Crippen LogP contribution in [0.25, 0.3) is 0 Å². The van der Waals surface area contributed by atoms with Crippen LogP contribution < -0.4 is 15.5 Å². The van der Waals surface area contributed by atoms with Crippen LogP contribution in [-0.2, 0) is 21.0 Å². The number of carboxylic acid groups (broad SMARTS) is 1. The van der Waals surface area contributed by atoms with Crippen LogP contribution >= 0.6 is 0 Å². The van der Waals surface area contributed by atoms with Crippen LogP contribution in [0.4, 0.5) is 5.69 Å². The first-order chi connectivity index (χ1) is 14.7. The normalized spacial score (nSPS) is 16.4. The maximum absolute atomic E-state index is 12.2. The number of aliphatic carboxylic acids is 1. The molecule has 1 aliphatic rings. The van der Waals surface area contributed by atoms with Crippen molar-refractivity contribution in [2.45, 2.75) is 45.8 Å². The van der Waals surface area contributed by atoms with E-state index in [-0.39, 0.29) is 24.3 Å². The molecule has 3 rings (SSSR count). The van der Waals surface area contributed by atoms with E-state index in [4.69, 9.17) is 9.57 Å². The minimum atomic E-state index is -0.870. The van der Waals surface area contributed by atoms with Crippen molar-refractivity contribution in [2.24, 2.45) is 5.41 Å². The van der Waals surface area contributed by atoms with Crippen molar-refractivity contribution in [3.05, 3.63) is 72.0 Å². The summed E-state index contributed by atoms with van der Waals surface area (Å²) in [6.07, 6.45) is 3.32. The molecule has 1 amide bonds. The molecule has 0 aliphatic carbocycles. The second kappa shape index (κ2) is 9.66. The molecule has 7 heteroatoms. The fourth-order valence-electron chi connectivity index (χ4n) is 3.17. The van der Waals surface area contributed by atoms with Gasteiger partial charge in [0.2, 0.25) is 5.91 Å². The lowest BCUT2D eigenvalue weighted by Gasteiger charge is -2.20. The second-order valence-electron chi connectivity index (χ2n) is 8.56. The number of carbonyl (C=O) groups excluding carboxylic acids is 1. The Labute approximate surface area is 182 Å². The number of ether oxygens (including phenoxy) is 1. The molecule has 0 bridgehead atoms. The molecule has 0 fully saturated rings. The zero-order valence-electron chi connectivity index (χ0n) is 17.9. The van der Waals surface area contributed by atoms with E-state index in [1.54, 1.807) is 0 Å². The molecule has 7 nitrogen and oxygen atoms in total. The Hall–Kier alpha value is -3.32. The largest absolute Gasteiger partial charge is 0.489 e. The smallest absolute Gasteiger partial charge is 0.304 e. The Morgan fingerprint density at radius 2 is 1.94 bits per heavy atom. The summed E-state index contributed by atoms with van der Waals surface area (Å²) in [5.41, 5.74) is 4.88. The summed E-state index contributed by atoms with van der Waals surface area (Å²) < 4.78 is 5.88. The molecule has 1 unspecified atom stereocenters. The highest BCUT2D eigenvalue weighted by Gasteiger charge is 2.26. The number of nitrogens with one attached hydrogen (secondary N) is 2. The van der Waals surface area contributed by atoms with Gasteiger partial charge >= 0.3 is 5.97 Å². The summed E-state index contributed by atoms with van der Waals surface area (Å²) in [4.78, 5) is 28.5. The van der Waals surface area contributed by atoms with Crippen LogP contribution in [0.1, 0.15) is 44.2 Å². The van der Waals surface area contributed by atoms with E-state index in [0.717, 1.165) is 16.8 Å². The SMILES string of the molecule is CC(C)(C)C(=O)Nc1cccc(COc2ccc([C@H](CC(=O)O)C3C=CON3)cc2)c1. The zero-order valence-corrected chi connectivity index (χ0v) is 17.9. The Morgan fingerprint density at radius 1 is 1.19 bits per heavy atom. The molecule has 31 heavy (non-hydrogen) atoms. The van der Waals surface area contributed by atoms with Gasteiger partial charge in [0.15, 0.2) is 0 Å². The number of carbonyl (C=O) groups is 2. The van der Waals surface area contributed by atoms with Crippen LogP contribution in [0, 0.1) is 5.41 Å². The van der Waals surface area contributed by atoms with Crippen LogP contribution in [-0.4, -0.2) is 23.0 Å². The molecular formula is C24H28N2O5. The number of hydroxylamine groups is 1. The van der Waals surface area contributed by atoms with Gasteiger partial charge in [-0.1, -0.05) is 45.0 Å². The topological polar surface area (TPSA) is 96.9 Å². The molecule has 1 aliphatic heterocycles. The summed E-state index contributed by atoms with van der Waals surface area (Å²) in [6.45, 7) is 5.95. The maximum Gasteiger partial charge on any atom is 0.304 e. The summed E-state index contributed by atoms with van der Waals surface area (Å²) >= 11 is 0. The molecule has 0 saturated heterocycles. The van der Waals surface area contributed by atoms with Crippen molar-refractivity contribution < 1.29 is 24.3 Å². The predicted octanol–water partition coefficient (Wildman–Crippen LogP) is 4.23. The lowest BCUT2D eigenvalue weighted by molar-refractivity contribution is -0.137. The van der Waals surface area contributed by atoms with Crippen molar-refractivity contribution >= 4 is 17.6 Å². The molecule has 2 atom stereocenters. The first-order valence-corrected chi connectivity index (χ1v) is 10.1. The van der Waals surface area contributed by atoms with Crippen LogP contribution in [0.2, 0.25) is 0 Å². The summed E-state index contributed by atoms with van der Waals surface area (Å²) in [7, 11) is 0. The van der Waals surface area contributed by atoms with E-state index < -0.39 is 11.4 Å². The first kappa shape index (κ1) is 22.4. The van der Waals surface area contributed by atoms with Crippen molar-refractivity contribution in [1.82, 2.24) is 5.48 Å². The van der Waals surface area contributed by atoms with Gasteiger partial charge in [0.05, 0.1) is 12.5 Å². The quantitative estimate of drug-likeness (QED) is 0.587. The molecule has 0 radical (unpaired) electrons. The van der Waals surface area contributed by atoms with E-state index in [2.05, 4.69) is 10.8 Å². The lowest BCUT2D eigenvalue weighted by Crippen LogP contribution is -2.29. The van der Waals surface area contributed by atoms with Crippen molar-refractivity contribution in [1.29, 1.82) is 0 Å². The standard InChI is InChI=1S/C24H28N2O5/c1-24(2,3)23(29)25-18-6-4-5-16(13-18)15-30-19-9-7-17(8-10-19)20(14-22(27)28)21-11-12-31-26-21/h4-13,20-21,26H,14-15H2,1-3H3,(H,25,29)(H,27,28)/t20-,21?/m0/s1. The highest BCUT2D eigenvalue weighted by Crippen LogP contribution is 2.28. The number of hydrogen-bond acceptors (Lipinski definition) is 5. The van der Waals surface area contributed by atoms with Crippen LogP contribution in [0.5, 0.6) is 5.75 Å². The number of rotatable bonds is 8. The molecule has 1 heterocycles. The average molecular weight is 424 g/mol. The highest BCUT2D eigenvalue weighted by atomic mass is 16.6. The Morgan fingerprint density at radius 3 is 2.55 bits per heavy atom. The molecule has 2 aromatic carbocycles. The molecular weight excluding hydrogens is 396 g/mol. The lowest BCUT2D eigenvalue weighted by atomic mass is 9.89. The molecule has 164 valence electrons. The Kier molecular flexibility index (Phi) is 6.97. The second-order valence-corrected chi connectivity index (χ2v) is 8.56. The number of carboxylic acids is 1. The molecule has 2 aromatic rings. The van der Waals surface area contributed by atoms with Gasteiger partial charge in [0, 0.05) is 17.0 Å². The van der Waals surface area contributed by atoms with E-state index in [9.17, 15) is 14.7 Å². The summed E-state index contributed by atoms with van der Waals surface area (Å²) in [5.74, 6) is -0.499. The molecule has 0 saturated carbocycles. The summed E-state index contributed by atoms with van der Waals surface area (Å²) in [6, 6.07) is 14.7. The van der Waals surface area contributed by atoms with Crippen LogP contribution in [0.15, 0.2) is 60.9 Å². The number of hydrogen-bond donors (Lipinski definition) is 3. The van der Waals surface area contributed by atoms with E-state index in [1.807, 2.05) is 75.4 Å². The van der Waals surface area contributed by atoms with Crippen LogP contribution in [0.3, 0.4) is 0 Å². The van der Waals surface area contributed by atoms with Gasteiger partial charge in [-0.3, -0.25) is 9.59 Å². The van der Waals surface area contributed by atoms with E-state index >= 15 is 0 Å². The zero-order chi connectivity index (χ0) is 22.4. The van der Waals surface area contributed by atoms with Gasteiger partial charge in [-0.2, -0.15) is 0 Å².